The Bertz CT molecular complexity index is 803. The fourth-order valence-corrected chi connectivity index (χ4v) is 3.38. The van der Waals surface area contributed by atoms with E-state index < -0.39 is 29.9 Å². The van der Waals surface area contributed by atoms with Crippen molar-refractivity contribution in [2.45, 2.75) is 38.8 Å². The Balaban J connectivity index is 1.78. The molecule has 1 aromatic carbocycles. The highest BCUT2D eigenvalue weighted by Gasteiger charge is 2.37. The molecule has 2 heterocycles. The molecule has 1 atom stereocenters. The van der Waals surface area contributed by atoms with Gasteiger partial charge in [0.25, 0.3) is 0 Å². The number of cyclic esters (lactones) is 2. The van der Waals surface area contributed by atoms with Crippen molar-refractivity contribution in [3.63, 3.8) is 0 Å². The number of carboxylic acid groups (broad SMARTS) is 1. The van der Waals surface area contributed by atoms with E-state index in [1.165, 1.54) is 14.7 Å². The van der Waals surface area contributed by atoms with Gasteiger partial charge in [0.15, 0.2) is 0 Å². The van der Waals surface area contributed by atoms with E-state index in [-0.39, 0.29) is 19.7 Å². The van der Waals surface area contributed by atoms with Gasteiger partial charge in [-0.2, -0.15) is 0 Å². The molecule has 1 N–H and O–H groups in total. The number of benzene rings is 1. The van der Waals surface area contributed by atoms with Crippen LogP contribution in [-0.4, -0.2) is 66.7 Å². The molecule has 2 aliphatic heterocycles. The number of carbonyl (C=O) groups is 3. The van der Waals surface area contributed by atoms with Crippen LogP contribution in [0.5, 0.6) is 0 Å². The molecule has 0 aromatic heterocycles. The second-order valence-corrected chi connectivity index (χ2v) is 7.92. The van der Waals surface area contributed by atoms with Crippen molar-refractivity contribution in [3.8, 4) is 0 Å². The highest BCUT2D eigenvalue weighted by Crippen LogP contribution is 2.31. The van der Waals surface area contributed by atoms with Gasteiger partial charge in [0, 0.05) is 24.7 Å². The first-order valence-electron chi connectivity index (χ1n) is 9.10. The van der Waals surface area contributed by atoms with E-state index in [2.05, 4.69) is 0 Å². The third kappa shape index (κ3) is 3.83. The lowest BCUT2D eigenvalue weighted by Crippen LogP contribution is -2.49. The van der Waals surface area contributed by atoms with Gasteiger partial charge in [-0.25, -0.2) is 14.4 Å². The fourth-order valence-electron chi connectivity index (χ4n) is 3.38. The molecule has 2 aliphatic rings. The van der Waals surface area contributed by atoms with Crippen LogP contribution in [0.2, 0.25) is 0 Å². The number of amides is 3. The summed E-state index contributed by atoms with van der Waals surface area (Å²) in [5.41, 5.74) is 1.67. The topological polar surface area (TPSA) is 99.6 Å². The summed E-state index contributed by atoms with van der Waals surface area (Å²) in [5, 5.41) is 9.45. The lowest BCUT2D eigenvalue weighted by Gasteiger charge is -2.34. The molecule has 0 bridgehead atoms. The summed E-state index contributed by atoms with van der Waals surface area (Å²) >= 11 is 0. The first-order valence-corrected chi connectivity index (χ1v) is 9.10. The predicted molar refractivity (Wildman–Crippen MR) is 102 cm³/mol. The second-order valence-electron chi connectivity index (χ2n) is 7.92. The van der Waals surface area contributed by atoms with Crippen LogP contribution in [-0.2, 0) is 15.9 Å². The molecule has 0 radical (unpaired) electrons. The van der Waals surface area contributed by atoms with Crippen molar-refractivity contribution in [1.82, 2.24) is 4.90 Å². The average Bonchev–Trinajstić information content (AvgIpc) is 2.91. The molecule has 28 heavy (non-hydrogen) atoms. The van der Waals surface area contributed by atoms with Crippen LogP contribution in [0.4, 0.5) is 25.8 Å². The van der Waals surface area contributed by atoms with Crippen molar-refractivity contribution >= 4 is 29.7 Å². The second kappa shape index (κ2) is 7.21. The van der Waals surface area contributed by atoms with Gasteiger partial charge in [-0.1, -0.05) is 0 Å². The zero-order valence-corrected chi connectivity index (χ0v) is 16.5. The average molecular weight is 391 g/mol. The summed E-state index contributed by atoms with van der Waals surface area (Å²) in [6.45, 7) is 6.00. The molecular formula is C19H25N3O6. The van der Waals surface area contributed by atoms with Crippen LogP contribution in [0.25, 0.3) is 0 Å². The minimum absolute atomic E-state index is 0.0943. The Morgan fingerprint density at radius 3 is 2.64 bits per heavy atom. The summed E-state index contributed by atoms with van der Waals surface area (Å²) in [5.74, 6) is 0. The van der Waals surface area contributed by atoms with Crippen molar-refractivity contribution in [1.29, 1.82) is 0 Å². The molecule has 0 saturated carbocycles. The third-order valence-electron chi connectivity index (χ3n) is 4.91. The van der Waals surface area contributed by atoms with E-state index >= 15 is 0 Å². The Kier molecular flexibility index (Phi) is 5.10. The van der Waals surface area contributed by atoms with Crippen LogP contribution in [0, 0.1) is 0 Å². The van der Waals surface area contributed by atoms with Crippen LogP contribution < -0.4 is 9.80 Å². The van der Waals surface area contributed by atoms with Crippen molar-refractivity contribution < 1.29 is 29.0 Å². The monoisotopic (exact) mass is 391 g/mol. The molecule has 1 aromatic rings. The normalized spacial score (nSPS) is 19.6. The summed E-state index contributed by atoms with van der Waals surface area (Å²) in [6.07, 6.45) is -2.00. The lowest BCUT2D eigenvalue weighted by molar-refractivity contribution is 0.0605. The number of fused-ring (bicyclic) bond motifs is 1. The van der Waals surface area contributed by atoms with Gasteiger partial charge < -0.3 is 14.6 Å². The largest absolute Gasteiger partial charge is 0.465 e. The van der Waals surface area contributed by atoms with Gasteiger partial charge >= 0.3 is 18.3 Å². The summed E-state index contributed by atoms with van der Waals surface area (Å²) in [4.78, 5) is 39.9. The van der Waals surface area contributed by atoms with E-state index in [9.17, 15) is 19.5 Å². The van der Waals surface area contributed by atoms with E-state index in [1.807, 2.05) is 6.07 Å². The smallest absolute Gasteiger partial charge is 0.414 e. The van der Waals surface area contributed by atoms with Crippen molar-refractivity contribution in [3.05, 3.63) is 23.8 Å². The maximum Gasteiger partial charge on any atom is 0.414 e. The standard InChI is InChI=1S/C19H25N3O6/c1-19(2,3)22(16(23)24)11-14-10-21(18(26)28-14)13-5-6-15-12(9-13)7-8-27-17(25)20(15)4/h5-6,9,14H,7-8,10-11H2,1-4H3,(H,23,24)/t14-/m1/s1. The number of nitrogens with zero attached hydrogens (tertiary/aromatic N) is 3. The van der Waals surface area contributed by atoms with Gasteiger partial charge in [0.1, 0.15) is 6.10 Å². The molecule has 9 nitrogen and oxygen atoms in total. The third-order valence-corrected chi connectivity index (χ3v) is 4.91. The van der Waals surface area contributed by atoms with Crippen LogP contribution in [0.3, 0.4) is 0 Å². The molecule has 1 saturated heterocycles. The number of carbonyl (C=O) groups excluding carboxylic acids is 2. The molecule has 0 aliphatic carbocycles. The molecule has 3 rings (SSSR count). The van der Waals surface area contributed by atoms with Crippen LogP contribution in [0.1, 0.15) is 26.3 Å². The molecule has 0 spiro atoms. The Hall–Kier alpha value is -2.97. The maximum atomic E-state index is 12.4. The zero-order valence-electron chi connectivity index (χ0n) is 16.5. The SMILES string of the molecule is CN1C(=O)OCCc2cc(N3C[C@H](CN(C(=O)O)C(C)(C)C)OC3=O)ccc21. The molecule has 1 fully saturated rings. The summed E-state index contributed by atoms with van der Waals surface area (Å²) in [6, 6.07) is 5.36. The maximum absolute atomic E-state index is 12.4. The van der Waals surface area contributed by atoms with Crippen molar-refractivity contribution in [2.24, 2.45) is 0 Å². The highest BCUT2D eigenvalue weighted by molar-refractivity contribution is 5.92. The first-order chi connectivity index (χ1) is 13.1. The zero-order chi connectivity index (χ0) is 20.6. The van der Waals surface area contributed by atoms with E-state index in [0.29, 0.717) is 12.1 Å². The molecular weight excluding hydrogens is 366 g/mol. The van der Waals surface area contributed by atoms with Gasteiger partial charge in [0.2, 0.25) is 0 Å². The Morgan fingerprint density at radius 2 is 2.00 bits per heavy atom. The van der Waals surface area contributed by atoms with Gasteiger partial charge in [-0.15, -0.1) is 0 Å². The van der Waals surface area contributed by atoms with E-state index in [4.69, 9.17) is 9.47 Å². The predicted octanol–water partition coefficient (Wildman–Crippen LogP) is 2.92. The first kappa shape index (κ1) is 19.8. The summed E-state index contributed by atoms with van der Waals surface area (Å²) < 4.78 is 10.5. The van der Waals surface area contributed by atoms with Crippen LogP contribution >= 0.6 is 0 Å². The molecule has 0 unspecified atom stereocenters. The van der Waals surface area contributed by atoms with Crippen LogP contribution in [0.15, 0.2) is 18.2 Å². The van der Waals surface area contributed by atoms with Gasteiger partial charge in [0.05, 0.1) is 25.4 Å². The van der Waals surface area contributed by atoms with Crippen molar-refractivity contribution in [2.75, 3.05) is 36.5 Å². The van der Waals surface area contributed by atoms with E-state index in [1.54, 1.807) is 40.0 Å². The summed E-state index contributed by atoms with van der Waals surface area (Å²) in [7, 11) is 1.64. The number of ether oxygens (including phenoxy) is 2. The van der Waals surface area contributed by atoms with E-state index in [0.717, 1.165) is 11.3 Å². The lowest BCUT2D eigenvalue weighted by atomic mass is 10.1. The minimum Gasteiger partial charge on any atom is -0.465 e. The number of hydrogen-bond acceptors (Lipinski definition) is 5. The minimum atomic E-state index is -1.06. The molecule has 9 heteroatoms. The Labute approximate surface area is 163 Å². The molecule has 152 valence electrons. The number of anilines is 2. The van der Waals surface area contributed by atoms with Gasteiger partial charge in [-0.3, -0.25) is 14.7 Å². The number of hydrogen-bond donors (Lipinski definition) is 1. The fraction of sp³-hybridized carbons (Fsp3) is 0.526. The van der Waals surface area contributed by atoms with Gasteiger partial charge in [-0.05, 0) is 44.5 Å². The molecule has 3 amide bonds. The highest BCUT2D eigenvalue weighted by atomic mass is 16.6. The quantitative estimate of drug-likeness (QED) is 0.850. The number of rotatable bonds is 3. The Morgan fingerprint density at radius 1 is 1.29 bits per heavy atom.